The number of esters is 1. The molecule has 0 aliphatic carbocycles. The van der Waals surface area contributed by atoms with E-state index < -0.39 is 18.4 Å². The van der Waals surface area contributed by atoms with Crippen LogP contribution < -0.4 is 4.74 Å². The molecule has 2 unspecified atom stereocenters. The minimum absolute atomic E-state index is 0.0766. The zero-order valence-electron chi connectivity index (χ0n) is 16.7. The highest BCUT2D eigenvalue weighted by molar-refractivity contribution is 5.97. The van der Waals surface area contributed by atoms with Crippen molar-refractivity contribution in [1.29, 1.82) is 0 Å². The fourth-order valence-electron chi connectivity index (χ4n) is 4.02. The zero-order chi connectivity index (χ0) is 20.8. The Labute approximate surface area is 169 Å². The molecule has 1 amide bonds. The normalized spacial score (nSPS) is 23.1. The van der Waals surface area contributed by atoms with Gasteiger partial charge in [0.2, 0.25) is 0 Å². The summed E-state index contributed by atoms with van der Waals surface area (Å²) in [5.41, 5.74) is 0.0766. The van der Waals surface area contributed by atoms with Gasteiger partial charge in [0.25, 0.3) is 5.91 Å². The van der Waals surface area contributed by atoms with Crippen molar-refractivity contribution in [2.45, 2.75) is 45.3 Å². The van der Waals surface area contributed by atoms with E-state index in [0.717, 1.165) is 32.5 Å². The van der Waals surface area contributed by atoms with E-state index in [1.165, 1.54) is 23.1 Å². The molecular weight excluding hydrogens is 382 g/mol. The lowest BCUT2D eigenvalue weighted by molar-refractivity contribution is -0.158. The molecule has 2 atom stereocenters. The number of ether oxygens (including phenoxy) is 2. The minimum atomic E-state index is -3.01. The molecular formula is C21H28F2N2O4. The molecule has 2 aliphatic heterocycles. The molecule has 160 valence electrons. The molecule has 0 aromatic heterocycles. The van der Waals surface area contributed by atoms with Crippen LogP contribution in [0.2, 0.25) is 0 Å². The van der Waals surface area contributed by atoms with Crippen LogP contribution >= 0.6 is 0 Å². The smallest absolute Gasteiger partial charge is 0.387 e. The number of carbonyl (C=O) groups excluding carboxylic acids is 2. The SMILES string of the molecule is CCN1CCCC(OC(=O)C2CCCN(C(=O)c3ccccc3OC(F)F)C2)C1. The highest BCUT2D eigenvalue weighted by Gasteiger charge is 2.33. The number of piperidine rings is 2. The molecule has 0 N–H and O–H groups in total. The minimum Gasteiger partial charge on any atom is -0.461 e. The molecule has 2 heterocycles. The number of rotatable bonds is 6. The second kappa shape index (κ2) is 10.0. The molecule has 0 saturated carbocycles. The predicted molar refractivity (Wildman–Crippen MR) is 103 cm³/mol. The fourth-order valence-corrected chi connectivity index (χ4v) is 4.02. The van der Waals surface area contributed by atoms with Crippen LogP contribution in [0, 0.1) is 5.92 Å². The van der Waals surface area contributed by atoms with Crippen LogP contribution in [0.15, 0.2) is 24.3 Å². The van der Waals surface area contributed by atoms with Crippen LogP contribution in [0.25, 0.3) is 0 Å². The maximum Gasteiger partial charge on any atom is 0.387 e. The molecule has 6 nitrogen and oxygen atoms in total. The summed E-state index contributed by atoms with van der Waals surface area (Å²) >= 11 is 0. The molecule has 8 heteroatoms. The van der Waals surface area contributed by atoms with Gasteiger partial charge in [0.15, 0.2) is 0 Å². The quantitative estimate of drug-likeness (QED) is 0.675. The maximum atomic E-state index is 12.9. The first kappa shape index (κ1) is 21.5. The van der Waals surface area contributed by atoms with Gasteiger partial charge in [0.1, 0.15) is 11.9 Å². The number of hydrogen-bond donors (Lipinski definition) is 0. The molecule has 2 fully saturated rings. The predicted octanol–water partition coefficient (Wildman–Crippen LogP) is 3.17. The van der Waals surface area contributed by atoms with Gasteiger partial charge < -0.3 is 14.4 Å². The van der Waals surface area contributed by atoms with Gasteiger partial charge in [-0.1, -0.05) is 19.1 Å². The van der Waals surface area contributed by atoms with E-state index in [2.05, 4.69) is 16.6 Å². The third kappa shape index (κ3) is 5.65. The summed E-state index contributed by atoms with van der Waals surface area (Å²) in [5, 5.41) is 0. The van der Waals surface area contributed by atoms with Crippen LogP contribution in [-0.4, -0.2) is 67.1 Å². The van der Waals surface area contributed by atoms with Gasteiger partial charge in [-0.3, -0.25) is 14.5 Å². The average Bonchev–Trinajstić information content (AvgIpc) is 2.73. The number of benzene rings is 1. The van der Waals surface area contributed by atoms with Gasteiger partial charge in [-0.25, -0.2) is 0 Å². The lowest BCUT2D eigenvalue weighted by Gasteiger charge is -2.35. The van der Waals surface area contributed by atoms with Crippen LogP contribution in [-0.2, 0) is 9.53 Å². The number of likely N-dealkylation sites (N-methyl/N-ethyl adjacent to an activating group) is 1. The number of alkyl halides is 2. The summed E-state index contributed by atoms with van der Waals surface area (Å²) in [6.45, 7) is 2.48. The molecule has 2 saturated heterocycles. The molecule has 29 heavy (non-hydrogen) atoms. The molecule has 1 aromatic carbocycles. The van der Waals surface area contributed by atoms with E-state index >= 15 is 0 Å². The summed E-state index contributed by atoms with van der Waals surface area (Å²) in [5.74, 6) is -1.23. The Hall–Kier alpha value is -2.22. The van der Waals surface area contributed by atoms with Crippen LogP contribution in [0.4, 0.5) is 8.78 Å². The number of amides is 1. The van der Waals surface area contributed by atoms with Crippen molar-refractivity contribution in [3.63, 3.8) is 0 Å². The van der Waals surface area contributed by atoms with E-state index in [0.29, 0.717) is 19.4 Å². The number of para-hydroxylation sites is 1. The molecule has 1 aromatic rings. The van der Waals surface area contributed by atoms with Crippen molar-refractivity contribution < 1.29 is 27.8 Å². The summed E-state index contributed by atoms with van der Waals surface area (Å²) < 4.78 is 35.5. The van der Waals surface area contributed by atoms with Gasteiger partial charge in [-0.15, -0.1) is 0 Å². The Balaban J connectivity index is 1.61. The topological polar surface area (TPSA) is 59.1 Å². The summed E-state index contributed by atoms with van der Waals surface area (Å²) in [6.07, 6.45) is 3.07. The Bertz CT molecular complexity index is 716. The Morgan fingerprint density at radius 1 is 1.14 bits per heavy atom. The van der Waals surface area contributed by atoms with Crippen molar-refractivity contribution in [3.05, 3.63) is 29.8 Å². The van der Waals surface area contributed by atoms with Crippen LogP contribution in [0.3, 0.4) is 0 Å². The Morgan fingerprint density at radius 3 is 2.66 bits per heavy atom. The standard InChI is InChI=1S/C21H28F2N2O4/c1-2-24-11-6-8-16(14-24)28-20(27)15-7-5-12-25(13-15)19(26)17-9-3-4-10-18(17)29-21(22)23/h3-4,9-10,15-16,21H,2,5-8,11-14H2,1H3. The first-order valence-corrected chi connectivity index (χ1v) is 10.2. The second-order valence-corrected chi connectivity index (χ2v) is 7.56. The average molecular weight is 410 g/mol. The number of carbonyl (C=O) groups is 2. The lowest BCUT2D eigenvalue weighted by atomic mass is 9.97. The molecule has 0 radical (unpaired) electrons. The van der Waals surface area contributed by atoms with Crippen molar-refractivity contribution in [2.75, 3.05) is 32.7 Å². The van der Waals surface area contributed by atoms with E-state index in [1.54, 1.807) is 6.07 Å². The molecule has 0 spiro atoms. The molecule has 0 bridgehead atoms. The number of halogens is 2. The molecule has 2 aliphatic rings. The number of nitrogens with zero attached hydrogens (tertiary/aromatic N) is 2. The van der Waals surface area contributed by atoms with Crippen molar-refractivity contribution in [2.24, 2.45) is 5.92 Å². The largest absolute Gasteiger partial charge is 0.461 e. The highest BCUT2D eigenvalue weighted by atomic mass is 19.3. The number of hydrogen-bond acceptors (Lipinski definition) is 5. The van der Waals surface area contributed by atoms with E-state index in [9.17, 15) is 18.4 Å². The Kier molecular flexibility index (Phi) is 7.41. The van der Waals surface area contributed by atoms with E-state index in [-0.39, 0.29) is 29.9 Å². The van der Waals surface area contributed by atoms with Gasteiger partial charge in [0.05, 0.1) is 11.5 Å². The zero-order valence-corrected chi connectivity index (χ0v) is 16.7. The van der Waals surface area contributed by atoms with Gasteiger partial charge in [0, 0.05) is 19.6 Å². The van der Waals surface area contributed by atoms with Gasteiger partial charge >= 0.3 is 12.6 Å². The van der Waals surface area contributed by atoms with Crippen LogP contribution in [0.1, 0.15) is 43.0 Å². The third-order valence-corrected chi connectivity index (χ3v) is 5.57. The first-order valence-electron chi connectivity index (χ1n) is 10.2. The van der Waals surface area contributed by atoms with Crippen LogP contribution in [0.5, 0.6) is 5.75 Å². The number of likely N-dealkylation sites (tertiary alicyclic amines) is 2. The molecule has 3 rings (SSSR count). The monoisotopic (exact) mass is 410 g/mol. The van der Waals surface area contributed by atoms with Crippen molar-refractivity contribution in [3.8, 4) is 5.75 Å². The Morgan fingerprint density at radius 2 is 1.90 bits per heavy atom. The van der Waals surface area contributed by atoms with Crippen molar-refractivity contribution in [1.82, 2.24) is 9.80 Å². The van der Waals surface area contributed by atoms with Gasteiger partial charge in [-0.2, -0.15) is 8.78 Å². The summed E-state index contributed by atoms with van der Waals surface area (Å²) in [7, 11) is 0. The van der Waals surface area contributed by atoms with Gasteiger partial charge in [-0.05, 0) is 50.9 Å². The third-order valence-electron chi connectivity index (χ3n) is 5.57. The first-order chi connectivity index (χ1) is 14.0. The summed E-state index contributed by atoms with van der Waals surface area (Å²) in [4.78, 5) is 29.4. The lowest BCUT2D eigenvalue weighted by Crippen LogP contribution is -2.45. The van der Waals surface area contributed by atoms with E-state index in [1.807, 2.05) is 0 Å². The van der Waals surface area contributed by atoms with E-state index in [4.69, 9.17) is 4.74 Å². The maximum absolute atomic E-state index is 12.9. The van der Waals surface area contributed by atoms with Crippen molar-refractivity contribution >= 4 is 11.9 Å². The second-order valence-electron chi connectivity index (χ2n) is 7.56. The highest BCUT2D eigenvalue weighted by Crippen LogP contribution is 2.26. The summed E-state index contributed by atoms with van der Waals surface area (Å²) in [6, 6.07) is 5.94. The fraction of sp³-hybridized carbons (Fsp3) is 0.619.